The molecule has 96 valence electrons. The Balaban J connectivity index is 2.19. The number of fused-ring (bicyclic) bond motifs is 1. The molecule has 3 nitrogen and oxygen atoms in total. The molecule has 1 unspecified atom stereocenters. The fourth-order valence-electron chi connectivity index (χ4n) is 2.53. The topological polar surface area (TPSA) is 27.1 Å². The summed E-state index contributed by atoms with van der Waals surface area (Å²) in [6, 6.07) is 6.62. The number of ether oxygens (including phenoxy) is 1. The average molecular weight is 265 g/mol. The molecule has 0 aliphatic heterocycles. The highest BCUT2D eigenvalue weighted by Crippen LogP contribution is 2.38. The lowest BCUT2D eigenvalue weighted by Gasteiger charge is -2.29. The number of hydrogen-bond acceptors (Lipinski definition) is 2. The van der Waals surface area contributed by atoms with Gasteiger partial charge in [0.1, 0.15) is 11.6 Å². The summed E-state index contributed by atoms with van der Waals surface area (Å²) in [5, 5.41) is -0.0657. The first-order valence-corrected chi connectivity index (χ1v) is 6.84. The molecule has 1 aliphatic rings. The predicted molar refractivity (Wildman–Crippen MR) is 73.4 cm³/mol. The summed E-state index contributed by atoms with van der Waals surface area (Å²) in [7, 11) is 1.68. The van der Waals surface area contributed by atoms with E-state index in [0.29, 0.717) is 6.04 Å². The number of benzene rings is 1. The third-order valence-corrected chi connectivity index (χ3v) is 3.91. The minimum absolute atomic E-state index is 0.0657. The van der Waals surface area contributed by atoms with Crippen molar-refractivity contribution in [3.05, 3.63) is 24.0 Å². The Morgan fingerprint density at radius 2 is 2.22 bits per heavy atom. The first-order chi connectivity index (χ1) is 8.70. The van der Waals surface area contributed by atoms with Gasteiger partial charge in [-0.3, -0.25) is 0 Å². The van der Waals surface area contributed by atoms with Crippen LogP contribution in [0.25, 0.3) is 11.0 Å². The van der Waals surface area contributed by atoms with Crippen LogP contribution in [-0.4, -0.2) is 16.7 Å². The van der Waals surface area contributed by atoms with Crippen LogP contribution >= 0.6 is 11.6 Å². The normalized spacial score (nSPS) is 17.7. The summed E-state index contributed by atoms with van der Waals surface area (Å²) in [5.41, 5.74) is 2.15. The number of alkyl halides is 1. The van der Waals surface area contributed by atoms with Gasteiger partial charge in [0.15, 0.2) is 0 Å². The van der Waals surface area contributed by atoms with Gasteiger partial charge in [0.2, 0.25) is 0 Å². The largest absolute Gasteiger partial charge is 0.497 e. The zero-order valence-electron chi connectivity index (χ0n) is 10.7. The van der Waals surface area contributed by atoms with Gasteiger partial charge in [0, 0.05) is 12.1 Å². The number of halogens is 1. The molecular formula is C14H17ClN2O. The van der Waals surface area contributed by atoms with Crippen molar-refractivity contribution in [1.29, 1.82) is 0 Å². The van der Waals surface area contributed by atoms with Gasteiger partial charge in [-0.15, -0.1) is 11.6 Å². The highest BCUT2D eigenvalue weighted by atomic mass is 35.5. The Kier molecular flexibility index (Phi) is 2.94. The van der Waals surface area contributed by atoms with E-state index in [-0.39, 0.29) is 5.38 Å². The molecule has 4 heteroatoms. The van der Waals surface area contributed by atoms with Gasteiger partial charge in [-0.2, -0.15) is 0 Å². The summed E-state index contributed by atoms with van der Waals surface area (Å²) in [5.74, 6) is 1.82. The Morgan fingerprint density at radius 3 is 2.78 bits per heavy atom. The molecule has 2 aromatic rings. The number of nitrogens with zero attached hydrogens (tertiary/aromatic N) is 2. The van der Waals surface area contributed by atoms with Gasteiger partial charge < -0.3 is 9.30 Å². The van der Waals surface area contributed by atoms with Crippen LogP contribution in [0.4, 0.5) is 0 Å². The number of hydrogen-bond donors (Lipinski definition) is 0. The van der Waals surface area contributed by atoms with E-state index in [0.717, 1.165) is 17.1 Å². The van der Waals surface area contributed by atoms with Crippen LogP contribution in [0.5, 0.6) is 5.75 Å². The first-order valence-electron chi connectivity index (χ1n) is 6.40. The van der Waals surface area contributed by atoms with Crippen LogP contribution in [-0.2, 0) is 0 Å². The second kappa shape index (κ2) is 4.47. The highest BCUT2D eigenvalue weighted by molar-refractivity contribution is 6.20. The summed E-state index contributed by atoms with van der Waals surface area (Å²) < 4.78 is 7.57. The number of imidazole rings is 1. The molecule has 1 saturated carbocycles. The van der Waals surface area contributed by atoms with E-state index in [1.807, 2.05) is 19.1 Å². The molecule has 1 aromatic heterocycles. The van der Waals surface area contributed by atoms with E-state index in [4.69, 9.17) is 16.3 Å². The quantitative estimate of drug-likeness (QED) is 0.782. The van der Waals surface area contributed by atoms with Crippen molar-refractivity contribution in [2.24, 2.45) is 0 Å². The van der Waals surface area contributed by atoms with E-state index in [9.17, 15) is 0 Å². The van der Waals surface area contributed by atoms with E-state index in [1.165, 1.54) is 24.8 Å². The Morgan fingerprint density at radius 1 is 1.44 bits per heavy atom. The van der Waals surface area contributed by atoms with E-state index < -0.39 is 0 Å². The zero-order chi connectivity index (χ0) is 12.7. The van der Waals surface area contributed by atoms with Gasteiger partial charge in [-0.1, -0.05) is 0 Å². The molecule has 1 aliphatic carbocycles. The maximum atomic E-state index is 6.26. The molecule has 0 radical (unpaired) electrons. The fraction of sp³-hybridized carbons (Fsp3) is 0.500. The van der Waals surface area contributed by atoms with Crippen molar-refractivity contribution in [1.82, 2.24) is 9.55 Å². The van der Waals surface area contributed by atoms with Crippen molar-refractivity contribution in [3.8, 4) is 5.75 Å². The maximum absolute atomic E-state index is 6.26. The van der Waals surface area contributed by atoms with Crippen LogP contribution in [0, 0.1) is 0 Å². The average Bonchev–Trinajstić information content (AvgIpc) is 2.66. The lowest BCUT2D eigenvalue weighted by Crippen LogP contribution is -2.19. The van der Waals surface area contributed by atoms with Crippen molar-refractivity contribution in [2.45, 2.75) is 37.6 Å². The zero-order valence-corrected chi connectivity index (χ0v) is 11.4. The summed E-state index contributed by atoms with van der Waals surface area (Å²) in [6.07, 6.45) is 3.76. The van der Waals surface area contributed by atoms with Gasteiger partial charge in [-0.25, -0.2) is 4.98 Å². The van der Waals surface area contributed by atoms with Gasteiger partial charge in [-0.05, 0) is 38.3 Å². The molecule has 0 bridgehead atoms. The minimum atomic E-state index is -0.0657. The molecule has 18 heavy (non-hydrogen) atoms. The van der Waals surface area contributed by atoms with Crippen molar-refractivity contribution >= 4 is 22.6 Å². The maximum Gasteiger partial charge on any atom is 0.127 e. The number of methoxy groups -OCH3 is 1. The summed E-state index contributed by atoms with van der Waals surface area (Å²) in [4.78, 5) is 4.67. The SMILES string of the molecule is COc1ccc2c(c1)nc(C(C)Cl)n2C1CCC1. The molecule has 1 aromatic carbocycles. The Labute approximate surface area is 112 Å². The Bertz CT molecular complexity index is 572. The molecule has 0 saturated heterocycles. The Hall–Kier alpha value is -1.22. The van der Waals surface area contributed by atoms with Crippen LogP contribution in [0.1, 0.15) is 43.4 Å². The predicted octanol–water partition coefficient (Wildman–Crippen LogP) is 4.07. The van der Waals surface area contributed by atoms with Crippen molar-refractivity contribution < 1.29 is 4.74 Å². The monoisotopic (exact) mass is 264 g/mol. The van der Waals surface area contributed by atoms with Crippen molar-refractivity contribution in [3.63, 3.8) is 0 Å². The second-order valence-electron chi connectivity index (χ2n) is 4.90. The lowest BCUT2D eigenvalue weighted by molar-refractivity contribution is 0.313. The van der Waals surface area contributed by atoms with Gasteiger partial charge in [0.05, 0.1) is 23.5 Å². The first kappa shape index (κ1) is 11.8. The molecular weight excluding hydrogens is 248 g/mol. The number of aromatic nitrogens is 2. The van der Waals surface area contributed by atoms with E-state index >= 15 is 0 Å². The molecule has 1 atom stereocenters. The van der Waals surface area contributed by atoms with Crippen LogP contribution in [0.15, 0.2) is 18.2 Å². The molecule has 0 spiro atoms. The fourth-order valence-corrected chi connectivity index (χ4v) is 2.69. The van der Waals surface area contributed by atoms with E-state index in [1.54, 1.807) is 7.11 Å². The van der Waals surface area contributed by atoms with Gasteiger partial charge in [0.25, 0.3) is 0 Å². The van der Waals surface area contributed by atoms with E-state index in [2.05, 4.69) is 15.6 Å². The molecule has 1 fully saturated rings. The third-order valence-electron chi connectivity index (χ3n) is 3.72. The van der Waals surface area contributed by atoms with Crippen LogP contribution in [0.2, 0.25) is 0 Å². The standard InChI is InChI=1S/C14H17ClN2O/c1-9(15)14-16-12-8-11(18-2)6-7-13(12)17(14)10-4-3-5-10/h6-10H,3-5H2,1-2H3. The second-order valence-corrected chi connectivity index (χ2v) is 5.55. The highest BCUT2D eigenvalue weighted by Gasteiger charge is 2.26. The summed E-state index contributed by atoms with van der Waals surface area (Å²) in [6.45, 7) is 1.98. The minimum Gasteiger partial charge on any atom is -0.497 e. The third kappa shape index (κ3) is 1.77. The van der Waals surface area contributed by atoms with Crippen LogP contribution < -0.4 is 4.74 Å². The lowest BCUT2D eigenvalue weighted by atomic mass is 9.92. The molecule has 3 rings (SSSR count). The number of rotatable bonds is 3. The molecule has 1 heterocycles. The molecule has 0 N–H and O–H groups in total. The smallest absolute Gasteiger partial charge is 0.127 e. The molecule has 0 amide bonds. The summed E-state index contributed by atoms with van der Waals surface area (Å²) >= 11 is 6.26. The van der Waals surface area contributed by atoms with Crippen molar-refractivity contribution in [2.75, 3.05) is 7.11 Å². The van der Waals surface area contributed by atoms with Gasteiger partial charge >= 0.3 is 0 Å². The van der Waals surface area contributed by atoms with Crippen LogP contribution in [0.3, 0.4) is 0 Å².